The highest BCUT2D eigenvalue weighted by Gasteiger charge is 2.35. The molecule has 1 unspecified atom stereocenters. The first-order chi connectivity index (χ1) is 16.5. The summed E-state index contributed by atoms with van der Waals surface area (Å²) in [6, 6.07) is 11.2. The predicted octanol–water partition coefficient (Wildman–Crippen LogP) is 7.08. The number of benzene rings is 2. The summed E-state index contributed by atoms with van der Waals surface area (Å²) in [6.07, 6.45) is 7.32. The number of hydrogen-bond donors (Lipinski definition) is 0. The highest BCUT2D eigenvalue weighted by Crippen LogP contribution is 2.38. The molecule has 186 valence electrons. The van der Waals surface area contributed by atoms with Crippen molar-refractivity contribution in [1.82, 2.24) is 0 Å². The molecule has 0 heterocycles. The lowest BCUT2D eigenvalue weighted by atomic mass is 9.73. The fraction of sp³-hybridized carbons (Fsp3) is 0.516. The van der Waals surface area contributed by atoms with Crippen molar-refractivity contribution in [2.45, 2.75) is 103 Å². The van der Waals surface area contributed by atoms with Crippen LogP contribution in [0, 0.1) is 0 Å². The van der Waals surface area contributed by atoms with Crippen LogP contribution in [0.25, 0.3) is 0 Å². The van der Waals surface area contributed by atoms with Gasteiger partial charge in [-0.3, -0.25) is 14.4 Å². The molecule has 2 aliphatic carbocycles. The maximum absolute atomic E-state index is 13.5. The van der Waals surface area contributed by atoms with Gasteiger partial charge in [0.2, 0.25) is 0 Å². The Morgan fingerprint density at radius 3 is 1.91 bits per heavy atom. The molecule has 4 rings (SSSR count). The lowest BCUT2D eigenvalue weighted by molar-refractivity contribution is -0.152. The summed E-state index contributed by atoms with van der Waals surface area (Å²) in [5.74, 6) is -0.408. The van der Waals surface area contributed by atoms with E-state index >= 15 is 0 Å². The third-order valence-electron chi connectivity index (χ3n) is 7.77. The summed E-state index contributed by atoms with van der Waals surface area (Å²) in [5, 5.41) is 0. The standard InChI is InChI=1S/C31H38O4/c1-6-16-31(5,19-27(32)35-22-10-8-7-9-11-22)21-13-15-24-26(18-21)29(34)23-14-12-20(30(2,3)4)17-25(23)28(24)33/h12-15,17-18,22H,6-11,16,19H2,1-5H3. The molecule has 4 nitrogen and oxygen atoms in total. The van der Waals surface area contributed by atoms with Crippen LogP contribution in [0.5, 0.6) is 0 Å². The van der Waals surface area contributed by atoms with Crippen molar-refractivity contribution in [1.29, 1.82) is 0 Å². The van der Waals surface area contributed by atoms with Crippen LogP contribution in [0.2, 0.25) is 0 Å². The Labute approximate surface area is 209 Å². The zero-order valence-corrected chi connectivity index (χ0v) is 21.8. The molecular formula is C31H38O4. The molecule has 0 aliphatic heterocycles. The first kappa shape index (κ1) is 25.3. The SMILES string of the molecule is CCCC(C)(CC(=O)OC1CCCCC1)c1ccc2c(c1)C(=O)c1ccc(C(C)(C)C)cc1C2=O. The maximum atomic E-state index is 13.5. The van der Waals surface area contributed by atoms with Gasteiger partial charge in [0.05, 0.1) is 6.42 Å². The van der Waals surface area contributed by atoms with Gasteiger partial charge in [-0.2, -0.15) is 0 Å². The van der Waals surface area contributed by atoms with Crippen LogP contribution in [0.1, 0.15) is 129 Å². The molecule has 1 fully saturated rings. The topological polar surface area (TPSA) is 60.4 Å². The van der Waals surface area contributed by atoms with E-state index < -0.39 is 5.41 Å². The number of ether oxygens (including phenoxy) is 1. The summed E-state index contributed by atoms with van der Waals surface area (Å²) in [7, 11) is 0. The van der Waals surface area contributed by atoms with Gasteiger partial charge in [-0.05, 0) is 72.9 Å². The number of carbonyl (C=O) groups is 3. The van der Waals surface area contributed by atoms with Gasteiger partial charge in [-0.15, -0.1) is 0 Å². The first-order valence-electron chi connectivity index (χ1n) is 13.1. The van der Waals surface area contributed by atoms with Gasteiger partial charge in [0, 0.05) is 27.7 Å². The molecular weight excluding hydrogens is 436 g/mol. The third-order valence-corrected chi connectivity index (χ3v) is 7.77. The van der Waals surface area contributed by atoms with Crippen molar-refractivity contribution in [3.8, 4) is 0 Å². The highest BCUT2D eigenvalue weighted by molar-refractivity contribution is 6.28. The Morgan fingerprint density at radius 2 is 1.37 bits per heavy atom. The van der Waals surface area contributed by atoms with Gasteiger partial charge in [0.25, 0.3) is 0 Å². The van der Waals surface area contributed by atoms with Crippen LogP contribution in [-0.2, 0) is 20.4 Å². The second-order valence-electron chi connectivity index (χ2n) is 11.7. The summed E-state index contributed by atoms with van der Waals surface area (Å²) in [4.78, 5) is 39.8. The molecule has 4 heteroatoms. The Bertz CT molecular complexity index is 1150. The third kappa shape index (κ3) is 5.12. The van der Waals surface area contributed by atoms with E-state index in [1.165, 1.54) is 6.42 Å². The van der Waals surface area contributed by atoms with Gasteiger partial charge in [0.1, 0.15) is 6.10 Å². The van der Waals surface area contributed by atoms with Crippen LogP contribution >= 0.6 is 0 Å². The Kier molecular flexibility index (Phi) is 7.04. The van der Waals surface area contributed by atoms with Crippen molar-refractivity contribution >= 4 is 17.5 Å². The van der Waals surface area contributed by atoms with E-state index in [2.05, 4.69) is 34.6 Å². The van der Waals surface area contributed by atoms with E-state index in [1.54, 1.807) is 12.1 Å². The lowest BCUT2D eigenvalue weighted by Crippen LogP contribution is -2.30. The van der Waals surface area contributed by atoms with Gasteiger partial charge < -0.3 is 4.74 Å². The van der Waals surface area contributed by atoms with E-state index in [0.717, 1.165) is 49.7 Å². The minimum absolute atomic E-state index is 0.0272. The normalized spacial score (nSPS) is 18.0. The summed E-state index contributed by atoms with van der Waals surface area (Å²) < 4.78 is 5.83. The molecule has 1 saturated carbocycles. The van der Waals surface area contributed by atoms with Crippen molar-refractivity contribution < 1.29 is 19.1 Å². The van der Waals surface area contributed by atoms with Gasteiger partial charge in [-0.25, -0.2) is 0 Å². The molecule has 35 heavy (non-hydrogen) atoms. The Balaban J connectivity index is 1.64. The zero-order valence-electron chi connectivity index (χ0n) is 21.8. The molecule has 0 aromatic heterocycles. The highest BCUT2D eigenvalue weighted by atomic mass is 16.5. The average molecular weight is 475 g/mol. The van der Waals surface area contributed by atoms with E-state index in [4.69, 9.17) is 4.74 Å². The molecule has 1 atom stereocenters. The molecule has 2 aromatic rings. The second-order valence-corrected chi connectivity index (χ2v) is 11.7. The van der Waals surface area contributed by atoms with Crippen molar-refractivity contribution in [2.75, 3.05) is 0 Å². The number of carbonyl (C=O) groups excluding carboxylic acids is 3. The van der Waals surface area contributed by atoms with E-state index in [-0.39, 0.29) is 35.5 Å². The monoisotopic (exact) mass is 474 g/mol. The molecule has 2 aliphatic rings. The zero-order chi connectivity index (χ0) is 25.4. The number of esters is 1. The van der Waals surface area contributed by atoms with E-state index in [9.17, 15) is 14.4 Å². The van der Waals surface area contributed by atoms with Crippen molar-refractivity contribution in [3.05, 3.63) is 69.8 Å². The van der Waals surface area contributed by atoms with Gasteiger partial charge in [-0.1, -0.05) is 59.6 Å². The van der Waals surface area contributed by atoms with Crippen LogP contribution in [0.15, 0.2) is 36.4 Å². The van der Waals surface area contributed by atoms with E-state index in [1.807, 2.05) is 24.3 Å². The quantitative estimate of drug-likeness (QED) is 0.358. The van der Waals surface area contributed by atoms with Crippen molar-refractivity contribution in [2.24, 2.45) is 0 Å². The molecule has 0 bridgehead atoms. The number of hydrogen-bond acceptors (Lipinski definition) is 4. The minimum Gasteiger partial charge on any atom is -0.462 e. The van der Waals surface area contributed by atoms with Crippen molar-refractivity contribution in [3.63, 3.8) is 0 Å². The first-order valence-corrected chi connectivity index (χ1v) is 13.1. The molecule has 0 amide bonds. The molecule has 0 spiro atoms. The fourth-order valence-electron chi connectivity index (χ4n) is 5.61. The van der Waals surface area contributed by atoms with Gasteiger partial charge >= 0.3 is 5.97 Å². The number of rotatable bonds is 6. The lowest BCUT2D eigenvalue weighted by Gasteiger charge is -2.32. The van der Waals surface area contributed by atoms with E-state index in [0.29, 0.717) is 22.3 Å². The summed E-state index contributed by atoms with van der Waals surface area (Å²) in [5.41, 5.74) is 3.19. The van der Waals surface area contributed by atoms with Gasteiger partial charge in [0.15, 0.2) is 11.6 Å². The number of fused-ring (bicyclic) bond motifs is 2. The molecule has 0 radical (unpaired) electrons. The second kappa shape index (κ2) is 9.72. The maximum Gasteiger partial charge on any atom is 0.306 e. The Morgan fingerprint density at radius 1 is 0.829 bits per heavy atom. The van der Waals surface area contributed by atoms with Crippen LogP contribution < -0.4 is 0 Å². The van der Waals surface area contributed by atoms with Crippen LogP contribution in [0.4, 0.5) is 0 Å². The fourth-order valence-corrected chi connectivity index (χ4v) is 5.61. The summed E-state index contributed by atoms with van der Waals surface area (Å²) >= 11 is 0. The predicted molar refractivity (Wildman–Crippen MR) is 138 cm³/mol. The number of ketones is 2. The largest absolute Gasteiger partial charge is 0.462 e. The molecule has 2 aromatic carbocycles. The Hall–Kier alpha value is -2.75. The van der Waals surface area contributed by atoms with Crippen LogP contribution in [-0.4, -0.2) is 23.6 Å². The smallest absolute Gasteiger partial charge is 0.306 e. The minimum atomic E-state index is -0.463. The average Bonchev–Trinajstić information content (AvgIpc) is 2.82. The summed E-state index contributed by atoms with van der Waals surface area (Å²) in [6.45, 7) is 10.5. The molecule has 0 N–H and O–H groups in total. The molecule has 0 saturated heterocycles. The van der Waals surface area contributed by atoms with Crippen LogP contribution in [0.3, 0.4) is 0 Å².